The molecule has 1 heterocycles. The first-order chi connectivity index (χ1) is 7.19. The van der Waals surface area contributed by atoms with Gasteiger partial charge >= 0.3 is 5.97 Å². The van der Waals surface area contributed by atoms with Gasteiger partial charge in [0.2, 0.25) is 5.91 Å². The minimum absolute atomic E-state index is 0.0113. The highest BCUT2D eigenvalue weighted by molar-refractivity contribution is 5.85. The standard InChI is InChI=1S/C12H19NO3/c1-10-4-11(2,8(14)13-7-10)6-12(3,5-10)9(15)16/h4-7H2,1-3H3,(H,13,14)(H,15,16)/t10-,11+,12-/m0/s1. The van der Waals surface area contributed by atoms with E-state index in [0.717, 1.165) is 6.42 Å². The lowest BCUT2D eigenvalue weighted by molar-refractivity contribution is -0.164. The molecule has 2 fully saturated rings. The molecule has 1 saturated heterocycles. The summed E-state index contributed by atoms with van der Waals surface area (Å²) in [5.74, 6) is -0.767. The van der Waals surface area contributed by atoms with E-state index in [0.29, 0.717) is 19.4 Å². The van der Waals surface area contributed by atoms with Gasteiger partial charge in [0, 0.05) is 12.0 Å². The molecule has 1 aliphatic carbocycles. The summed E-state index contributed by atoms with van der Waals surface area (Å²) >= 11 is 0. The second kappa shape index (κ2) is 2.99. The molecule has 2 rings (SSSR count). The Morgan fingerprint density at radius 1 is 1.25 bits per heavy atom. The summed E-state index contributed by atoms with van der Waals surface area (Å²) in [6.45, 7) is 6.33. The van der Waals surface area contributed by atoms with Crippen molar-refractivity contribution in [3.8, 4) is 0 Å². The van der Waals surface area contributed by atoms with Crippen molar-refractivity contribution < 1.29 is 14.7 Å². The molecule has 2 bridgehead atoms. The molecular weight excluding hydrogens is 206 g/mol. The monoisotopic (exact) mass is 225 g/mol. The maximum Gasteiger partial charge on any atom is 0.309 e. The van der Waals surface area contributed by atoms with Crippen molar-refractivity contribution in [2.75, 3.05) is 6.54 Å². The van der Waals surface area contributed by atoms with Crippen molar-refractivity contribution in [2.45, 2.75) is 40.0 Å². The Bertz CT molecular complexity index is 365. The van der Waals surface area contributed by atoms with Gasteiger partial charge in [0.1, 0.15) is 0 Å². The van der Waals surface area contributed by atoms with Gasteiger partial charge in [-0.25, -0.2) is 0 Å². The average molecular weight is 225 g/mol. The number of hydrogen-bond acceptors (Lipinski definition) is 2. The molecule has 0 aromatic heterocycles. The van der Waals surface area contributed by atoms with Crippen LogP contribution in [-0.4, -0.2) is 23.5 Å². The molecule has 1 saturated carbocycles. The van der Waals surface area contributed by atoms with Crippen LogP contribution in [0.2, 0.25) is 0 Å². The predicted molar refractivity (Wildman–Crippen MR) is 58.8 cm³/mol. The molecule has 4 heteroatoms. The number of piperidine rings is 1. The van der Waals surface area contributed by atoms with E-state index in [-0.39, 0.29) is 11.3 Å². The number of hydrogen-bond donors (Lipinski definition) is 2. The molecule has 90 valence electrons. The fourth-order valence-electron chi connectivity index (χ4n) is 3.88. The fraction of sp³-hybridized carbons (Fsp3) is 0.833. The second-order valence-electron chi connectivity index (χ2n) is 6.45. The Balaban J connectivity index is 2.40. The molecule has 1 amide bonds. The van der Waals surface area contributed by atoms with Crippen LogP contribution in [0.3, 0.4) is 0 Å². The van der Waals surface area contributed by atoms with E-state index in [1.54, 1.807) is 6.92 Å². The Kier molecular flexibility index (Phi) is 2.14. The van der Waals surface area contributed by atoms with Gasteiger partial charge in [-0.3, -0.25) is 9.59 Å². The first-order valence-corrected chi connectivity index (χ1v) is 5.71. The number of carbonyl (C=O) groups excluding carboxylic acids is 1. The Hall–Kier alpha value is -1.06. The van der Waals surface area contributed by atoms with E-state index in [4.69, 9.17) is 0 Å². The lowest BCUT2D eigenvalue weighted by atomic mass is 9.52. The third-order valence-corrected chi connectivity index (χ3v) is 4.15. The number of carboxylic acid groups (broad SMARTS) is 1. The predicted octanol–water partition coefficient (Wildman–Crippen LogP) is 1.40. The number of carbonyl (C=O) groups is 2. The molecule has 0 unspecified atom stereocenters. The first kappa shape index (κ1) is 11.4. The van der Waals surface area contributed by atoms with Crippen LogP contribution in [0, 0.1) is 16.2 Å². The van der Waals surface area contributed by atoms with E-state index < -0.39 is 16.8 Å². The largest absolute Gasteiger partial charge is 0.481 e. The van der Waals surface area contributed by atoms with Crippen molar-refractivity contribution in [3.63, 3.8) is 0 Å². The highest BCUT2D eigenvalue weighted by atomic mass is 16.4. The molecule has 0 radical (unpaired) electrons. The molecule has 16 heavy (non-hydrogen) atoms. The van der Waals surface area contributed by atoms with Crippen LogP contribution in [0.15, 0.2) is 0 Å². The van der Waals surface area contributed by atoms with E-state index in [2.05, 4.69) is 12.2 Å². The van der Waals surface area contributed by atoms with Crippen molar-refractivity contribution in [1.29, 1.82) is 0 Å². The third kappa shape index (κ3) is 1.51. The fourth-order valence-corrected chi connectivity index (χ4v) is 3.88. The van der Waals surface area contributed by atoms with Crippen molar-refractivity contribution in [2.24, 2.45) is 16.2 Å². The van der Waals surface area contributed by atoms with Crippen LogP contribution in [0.25, 0.3) is 0 Å². The van der Waals surface area contributed by atoms with E-state index in [9.17, 15) is 14.7 Å². The quantitative estimate of drug-likeness (QED) is 0.709. The molecule has 0 aromatic carbocycles. The third-order valence-electron chi connectivity index (χ3n) is 4.15. The molecule has 0 spiro atoms. The van der Waals surface area contributed by atoms with Gasteiger partial charge < -0.3 is 10.4 Å². The molecule has 3 atom stereocenters. The number of rotatable bonds is 1. The van der Waals surface area contributed by atoms with Crippen LogP contribution in [-0.2, 0) is 9.59 Å². The van der Waals surface area contributed by atoms with Gasteiger partial charge in [0.15, 0.2) is 0 Å². The van der Waals surface area contributed by atoms with E-state index in [1.165, 1.54) is 0 Å². The van der Waals surface area contributed by atoms with Gasteiger partial charge in [-0.1, -0.05) is 13.8 Å². The van der Waals surface area contributed by atoms with Crippen molar-refractivity contribution in [3.05, 3.63) is 0 Å². The molecule has 1 aliphatic heterocycles. The van der Waals surface area contributed by atoms with Gasteiger partial charge in [-0.15, -0.1) is 0 Å². The van der Waals surface area contributed by atoms with Crippen molar-refractivity contribution >= 4 is 11.9 Å². The van der Waals surface area contributed by atoms with Crippen molar-refractivity contribution in [1.82, 2.24) is 5.32 Å². The number of nitrogens with one attached hydrogen (secondary N) is 1. The number of fused-ring (bicyclic) bond motifs is 2. The lowest BCUT2D eigenvalue weighted by Crippen LogP contribution is -2.60. The van der Waals surface area contributed by atoms with Crippen LogP contribution in [0.5, 0.6) is 0 Å². The summed E-state index contributed by atoms with van der Waals surface area (Å²) < 4.78 is 0. The first-order valence-electron chi connectivity index (χ1n) is 5.71. The van der Waals surface area contributed by atoms with E-state index in [1.807, 2.05) is 6.92 Å². The molecule has 0 aromatic rings. The Morgan fingerprint density at radius 2 is 1.88 bits per heavy atom. The summed E-state index contributed by atoms with van der Waals surface area (Å²) in [6.07, 6.45) is 1.89. The van der Waals surface area contributed by atoms with E-state index >= 15 is 0 Å². The highest BCUT2D eigenvalue weighted by Gasteiger charge is 2.57. The number of carboxylic acids is 1. The van der Waals surface area contributed by atoms with Crippen LogP contribution in [0.1, 0.15) is 40.0 Å². The average Bonchev–Trinajstić information content (AvgIpc) is 2.10. The minimum atomic E-state index is -0.778. The van der Waals surface area contributed by atoms with Gasteiger partial charge in [-0.05, 0) is 31.6 Å². The molecule has 4 nitrogen and oxygen atoms in total. The number of amides is 1. The smallest absolute Gasteiger partial charge is 0.309 e. The molecule has 2 aliphatic rings. The van der Waals surface area contributed by atoms with Gasteiger partial charge in [0.25, 0.3) is 0 Å². The lowest BCUT2D eigenvalue weighted by Gasteiger charge is -2.53. The topological polar surface area (TPSA) is 66.4 Å². The summed E-state index contributed by atoms with van der Waals surface area (Å²) in [4.78, 5) is 23.2. The zero-order chi connectivity index (χ0) is 12.2. The maximum atomic E-state index is 11.9. The zero-order valence-corrected chi connectivity index (χ0v) is 10.1. The van der Waals surface area contributed by atoms with Crippen LogP contribution >= 0.6 is 0 Å². The van der Waals surface area contributed by atoms with Gasteiger partial charge in [-0.2, -0.15) is 0 Å². The molecular formula is C12H19NO3. The minimum Gasteiger partial charge on any atom is -0.481 e. The highest BCUT2D eigenvalue weighted by Crippen LogP contribution is 2.56. The SMILES string of the molecule is C[C@]12CNC(=O)[C@](C)(C1)C[C@@](C)(C(=O)O)C2. The summed E-state index contributed by atoms with van der Waals surface area (Å²) in [7, 11) is 0. The Labute approximate surface area is 95.4 Å². The zero-order valence-electron chi connectivity index (χ0n) is 10.1. The second-order valence-corrected chi connectivity index (χ2v) is 6.45. The molecule has 2 N–H and O–H groups in total. The van der Waals surface area contributed by atoms with Gasteiger partial charge in [0.05, 0.1) is 5.41 Å². The Morgan fingerprint density at radius 3 is 2.44 bits per heavy atom. The van der Waals surface area contributed by atoms with Crippen LogP contribution < -0.4 is 5.32 Å². The summed E-state index contributed by atoms with van der Waals surface area (Å²) in [6, 6.07) is 0. The van der Waals surface area contributed by atoms with Crippen LogP contribution in [0.4, 0.5) is 0 Å². The summed E-state index contributed by atoms with van der Waals surface area (Å²) in [5, 5.41) is 12.2. The normalized spacial score (nSPS) is 47.3. The number of aliphatic carboxylic acids is 1. The summed E-state index contributed by atoms with van der Waals surface area (Å²) in [5.41, 5.74) is -1.36. The maximum absolute atomic E-state index is 11.9.